The second-order valence-corrected chi connectivity index (χ2v) is 13.3. The lowest BCUT2D eigenvalue weighted by atomic mass is 9.53. The van der Waals surface area contributed by atoms with Crippen LogP contribution in [0.25, 0.3) is 6.08 Å². The van der Waals surface area contributed by atoms with Crippen LogP contribution in [0.1, 0.15) is 49.3 Å². The third-order valence-electron chi connectivity index (χ3n) is 10.2. The van der Waals surface area contributed by atoms with Gasteiger partial charge in [0.25, 0.3) is 5.91 Å². The van der Waals surface area contributed by atoms with E-state index in [2.05, 4.69) is 17.1 Å². The van der Waals surface area contributed by atoms with Crippen LogP contribution in [-0.4, -0.2) is 59.4 Å². The molecule has 2 amide bonds. The molecular weight excluding hydrogens is 597 g/mol. The third kappa shape index (κ3) is 3.88. The Bertz CT molecular complexity index is 1710. The number of halogens is 2. The maximum absolute atomic E-state index is 15.6. The van der Waals surface area contributed by atoms with Crippen molar-refractivity contribution in [2.75, 3.05) is 31.6 Å². The summed E-state index contributed by atoms with van der Waals surface area (Å²) in [7, 11) is 0. The second kappa shape index (κ2) is 10.5. The Labute approximate surface area is 266 Å². The van der Waals surface area contributed by atoms with Gasteiger partial charge in [-0.25, -0.2) is 4.79 Å². The molecule has 7 rings (SSSR count). The minimum absolute atomic E-state index is 0.0176. The molecular formula is C35H33Cl2N3O4. The molecule has 4 heterocycles. The number of ketones is 1. The number of amides is 2. The fraction of sp³-hybridized carbons (Fsp3) is 0.343. The summed E-state index contributed by atoms with van der Waals surface area (Å²) in [5.74, 6) is -0.839. The first-order chi connectivity index (χ1) is 21.2. The highest BCUT2D eigenvalue weighted by molar-refractivity contribution is 6.31. The molecule has 2 spiro atoms. The molecule has 0 unspecified atom stereocenters. The number of para-hydroxylation sites is 1. The zero-order chi connectivity index (χ0) is 30.9. The molecule has 1 N–H and O–H groups in total. The van der Waals surface area contributed by atoms with Gasteiger partial charge in [0.15, 0.2) is 5.78 Å². The molecule has 9 heteroatoms. The number of piperidine rings is 1. The summed E-state index contributed by atoms with van der Waals surface area (Å²) >= 11 is 12.6. The highest BCUT2D eigenvalue weighted by atomic mass is 35.5. The number of hydrogen-bond donors (Lipinski definition) is 1. The minimum Gasteiger partial charge on any atom is -0.450 e. The van der Waals surface area contributed by atoms with E-state index in [0.29, 0.717) is 27.9 Å². The van der Waals surface area contributed by atoms with Gasteiger partial charge in [0.1, 0.15) is 5.54 Å². The first kappa shape index (κ1) is 29.1. The number of anilines is 1. The zero-order valence-corrected chi connectivity index (χ0v) is 26.1. The number of likely N-dealkylation sites (tertiary alicyclic amines) is 1. The third-order valence-corrected chi connectivity index (χ3v) is 10.7. The van der Waals surface area contributed by atoms with Crippen molar-refractivity contribution in [2.45, 2.75) is 43.7 Å². The Morgan fingerprint density at radius 1 is 1.02 bits per heavy atom. The van der Waals surface area contributed by atoms with Gasteiger partial charge in [0, 0.05) is 51.4 Å². The first-order valence-electron chi connectivity index (χ1n) is 15.0. The van der Waals surface area contributed by atoms with E-state index in [4.69, 9.17) is 27.9 Å². The molecule has 0 saturated carbocycles. The largest absolute Gasteiger partial charge is 0.450 e. The number of fused-ring (bicyclic) bond motifs is 5. The molecule has 0 aromatic heterocycles. The summed E-state index contributed by atoms with van der Waals surface area (Å²) in [5, 5.41) is 4.31. The molecule has 3 fully saturated rings. The Morgan fingerprint density at radius 3 is 2.41 bits per heavy atom. The van der Waals surface area contributed by atoms with E-state index in [1.54, 1.807) is 24.0 Å². The molecule has 0 radical (unpaired) electrons. The molecule has 7 nitrogen and oxygen atoms in total. The highest BCUT2D eigenvalue weighted by Gasteiger charge is 2.81. The van der Waals surface area contributed by atoms with Crippen LogP contribution in [-0.2, 0) is 19.9 Å². The van der Waals surface area contributed by atoms with Crippen molar-refractivity contribution < 1.29 is 19.1 Å². The van der Waals surface area contributed by atoms with Crippen LogP contribution in [0.2, 0.25) is 10.0 Å². The van der Waals surface area contributed by atoms with Crippen LogP contribution in [0.15, 0.2) is 78.4 Å². The highest BCUT2D eigenvalue weighted by Crippen LogP contribution is 2.72. The van der Waals surface area contributed by atoms with E-state index in [0.717, 1.165) is 29.5 Å². The molecule has 3 saturated heterocycles. The van der Waals surface area contributed by atoms with Crippen LogP contribution in [0.4, 0.5) is 10.5 Å². The Balaban J connectivity index is 1.56. The maximum atomic E-state index is 15.6. The van der Waals surface area contributed by atoms with Gasteiger partial charge < -0.3 is 15.0 Å². The summed E-state index contributed by atoms with van der Waals surface area (Å²) in [6.45, 7) is 4.83. The van der Waals surface area contributed by atoms with E-state index in [1.807, 2.05) is 66.7 Å². The van der Waals surface area contributed by atoms with Gasteiger partial charge in [0.2, 0.25) is 0 Å². The van der Waals surface area contributed by atoms with Gasteiger partial charge in [-0.1, -0.05) is 65.7 Å². The fourth-order valence-electron chi connectivity index (χ4n) is 8.78. The van der Waals surface area contributed by atoms with Crippen molar-refractivity contribution in [3.05, 3.63) is 105 Å². The van der Waals surface area contributed by atoms with Gasteiger partial charge >= 0.3 is 6.09 Å². The van der Waals surface area contributed by atoms with Crippen LogP contribution in [0, 0.1) is 5.41 Å². The van der Waals surface area contributed by atoms with Crippen LogP contribution < -0.4 is 5.32 Å². The number of ether oxygens (including phenoxy) is 1. The van der Waals surface area contributed by atoms with Crippen LogP contribution in [0.3, 0.4) is 0 Å². The van der Waals surface area contributed by atoms with Crippen LogP contribution >= 0.6 is 23.2 Å². The number of Topliss-reactive ketones (excluding diaryl/α,β-unsaturated/α-hetero) is 1. The molecule has 4 aliphatic rings. The van der Waals surface area contributed by atoms with Gasteiger partial charge in [0.05, 0.1) is 18.6 Å². The van der Waals surface area contributed by atoms with Crippen molar-refractivity contribution in [3.8, 4) is 0 Å². The number of carbonyl (C=O) groups is 3. The van der Waals surface area contributed by atoms with Crippen molar-refractivity contribution >= 4 is 52.7 Å². The van der Waals surface area contributed by atoms with Crippen molar-refractivity contribution in [1.82, 2.24) is 9.80 Å². The number of nitrogens with one attached hydrogen (secondary N) is 1. The number of rotatable bonds is 3. The number of hydrogen-bond acceptors (Lipinski definition) is 5. The van der Waals surface area contributed by atoms with Crippen molar-refractivity contribution in [1.29, 1.82) is 0 Å². The predicted octanol–water partition coefficient (Wildman–Crippen LogP) is 6.90. The van der Waals surface area contributed by atoms with Gasteiger partial charge in [-0.2, -0.15) is 0 Å². The van der Waals surface area contributed by atoms with E-state index in [1.165, 1.54) is 0 Å². The summed E-state index contributed by atoms with van der Waals surface area (Å²) in [6.07, 6.45) is 2.96. The Morgan fingerprint density at radius 2 is 1.70 bits per heavy atom. The molecule has 3 aromatic rings. The predicted molar refractivity (Wildman–Crippen MR) is 171 cm³/mol. The summed E-state index contributed by atoms with van der Waals surface area (Å²) < 4.78 is 5.56. The normalized spacial score (nSPS) is 30.2. The number of carbonyl (C=O) groups excluding carboxylic acids is 3. The Kier molecular flexibility index (Phi) is 6.92. The van der Waals surface area contributed by atoms with Gasteiger partial charge in [-0.15, -0.1) is 0 Å². The van der Waals surface area contributed by atoms with E-state index >= 15 is 4.79 Å². The minimum atomic E-state index is -1.39. The lowest BCUT2D eigenvalue weighted by Crippen LogP contribution is -2.66. The second-order valence-electron chi connectivity index (χ2n) is 12.4. The lowest BCUT2D eigenvalue weighted by Gasteiger charge is -2.51. The van der Waals surface area contributed by atoms with E-state index < -0.39 is 28.5 Å². The number of benzene rings is 3. The lowest BCUT2D eigenvalue weighted by molar-refractivity contribution is -0.147. The van der Waals surface area contributed by atoms with E-state index in [-0.39, 0.29) is 31.4 Å². The maximum Gasteiger partial charge on any atom is 0.410 e. The average Bonchev–Trinajstić information content (AvgIpc) is 3.59. The quantitative estimate of drug-likeness (QED) is 0.319. The first-order valence-corrected chi connectivity index (χ1v) is 15.8. The summed E-state index contributed by atoms with van der Waals surface area (Å²) in [4.78, 5) is 47.9. The summed E-state index contributed by atoms with van der Waals surface area (Å²) in [5.41, 5.74) is 0.218. The SMILES string of the molecule is CCOC(=O)N1C/C(=C\c2ccc(Cl)cc2)C(=O)[C@@]2(C1)[C@H](c1ccc(Cl)cc1)[C@@]1(C)CCCN1[C@]21C(=O)Nc2ccccc21. The molecule has 0 bridgehead atoms. The molecule has 4 aliphatic heterocycles. The van der Waals surface area contributed by atoms with Crippen molar-refractivity contribution in [3.63, 3.8) is 0 Å². The van der Waals surface area contributed by atoms with Crippen molar-refractivity contribution in [2.24, 2.45) is 5.41 Å². The van der Waals surface area contributed by atoms with E-state index in [9.17, 15) is 9.59 Å². The average molecular weight is 631 g/mol. The van der Waals surface area contributed by atoms with Gasteiger partial charge in [-0.3, -0.25) is 14.5 Å². The van der Waals surface area contributed by atoms with Crippen LogP contribution in [0.5, 0.6) is 0 Å². The molecule has 44 heavy (non-hydrogen) atoms. The number of nitrogens with zero attached hydrogens (tertiary/aromatic N) is 2. The molecule has 3 aromatic carbocycles. The standard InChI is InChI=1S/C35H33Cl2N3O4/c1-3-44-32(43)39-20-24(19-22-9-13-25(36)14-10-22)30(41)34(21-39)29(23-11-15-26(37)16-12-23)33(2)17-6-18-40(33)35(34)27-7-4-5-8-28(27)38-31(35)42/h4-5,7-16,19,29H,3,6,17-18,20-21H2,1-2H3,(H,38,42)/b24-19+/t29-,33-,34-,35-/m1/s1. The summed E-state index contributed by atoms with van der Waals surface area (Å²) in [6, 6.07) is 22.5. The van der Waals surface area contributed by atoms with Gasteiger partial charge in [-0.05, 0) is 74.2 Å². The monoisotopic (exact) mass is 629 g/mol. The molecule has 226 valence electrons. The fourth-order valence-corrected chi connectivity index (χ4v) is 9.03. The zero-order valence-electron chi connectivity index (χ0n) is 24.6. The topological polar surface area (TPSA) is 79.0 Å². The molecule has 0 aliphatic carbocycles. The molecule has 4 atom stereocenters. The smallest absolute Gasteiger partial charge is 0.410 e. The Hall–Kier alpha value is -3.65.